The lowest BCUT2D eigenvalue weighted by atomic mass is 9.95. The minimum absolute atomic E-state index is 0.227. The maximum absolute atomic E-state index is 10.8. The van der Waals surface area contributed by atoms with Gasteiger partial charge in [-0.05, 0) is 32.9 Å². The van der Waals surface area contributed by atoms with Crippen molar-refractivity contribution in [2.24, 2.45) is 5.92 Å². The monoisotopic (exact) mass is 215 g/mol. The van der Waals surface area contributed by atoms with E-state index < -0.39 is 17.9 Å². The summed E-state index contributed by atoms with van der Waals surface area (Å²) in [5.41, 5.74) is 0. The van der Waals surface area contributed by atoms with E-state index in [0.29, 0.717) is 6.42 Å². The highest BCUT2D eigenvalue weighted by Gasteiger charge is 2.29. The van der Waals surface area contributed by atoms with Crippen molar-refractivity contribution in [2.45, 2.75) is 31.7 Å². The van der Waals surface area contributed by atoms with Crippen molar-refractivity contribution in [1.29, 1.82) is 0 Å². The van der Waals surface area contributed by atoms with Crippen LogP contribution in [0, 0.1) is 5.92 Å². The van der Waals surface area contributed by atoms with E-state index in [1.807, 2.05) is 7.05 Å². The number of aliphatic carboxylic acids is 2. The molecule has 2 atom stereocenters. The van der Waals surface area contributed by atoms with Crippen LogP contribution >= 0.6 is 0 Å². The molecule has 0 spiro atoms. The lowest BCUT2D eigenvalue weighted by Crippen LogP contribution is -2.30. The Hall–Kier alpha value is -1.10. The highest BCUT2D eigenvalue weighted by Crippen LogP contribution is 2.23. The number of likely N-dealkylation sites (tertiary alicyclic amines) is 1. The molecule has 0 radical (unpaired) electrons. The Morgan fingerprint density at radius 1 is 1.47 bits per heavy atom. The molecule has 1 rings (SSSR count). The molecule has 0 amide bonds. The summed E-state index contributed by atoms with van der Waals surface area (Å²) in [7, 11) is 1.96. The zero-order chi connectivity index (χ0) is 11.4. The Kier molecular flexibility index (Phi) is 4.08. The topological polar surface area (TPSA) is 77.8 Å². The maximum Gasteiger partial charge on any atom is 0.307 e. The molecule has 2 N–H and O–H groups in total. The van der Waals surface area contributed by atoms with Gasteiger partial charge in [0.25, 0.3) is 0 Å². The third kappa shape index (κ3) is 3.51. The van der Waals surface area contributed by atoms with Crippen molar-refractivity contribution in [2.75, 3.05) is 13.6 Å². The molecular weight excluding hydrogens is 198 g/mol. The molecule has 1 aliphatic heterocycles. The number of rotatable bonds is 5. The van der Waals surface area contributed by atoms with Gasteiger partial charge in [-0.2, -0.15) is 0 Å². The summed E-state index contributed by atoms with van der Waals surface area (Å²) in [6.07, 6.45) is 2.21. The van der Waals surface area contributed by atoms with Crippen molar-refractivity contribution in [1.82, 2.24) is 4.90 Å². The lowest BCUT2D eigenvalue weighted by molar-refractivity contribution is -0.148. The first kappa shape index (κ1) is 12.0. The van der Waals surface area contributed by atoms with E-state index in [-0.39, 0.29) is 12.5 Å². The minimum Gasteiger partial charge on any atom is -0.481 e. The predicted molar refractivity (Wildman–Crippen MR) is 53.6 cm³/mol. The standard InChI is InChI=1S/C10H17NO4/c1-11-4-2-3-8(11)5-7(10(14)15)6-9(12)13/h7-8H,2-6H2,1H3,(H,12,13)(H,14,15). The van der Waals surface area contributed by atoms with Crippen LogP contribution in [0.3, 0.4) is 0 Å². The molecule has 1 aliphatic rings. The second kappa shape index (κ2) is 5.11. The largest absolute Gasteiger partial charge is 0.481 e. The van der Waals surface area contributed by atoms with Crippen LogP contribution in [0.4, 0.5) is 0 Å². The van der Waals surface area contributed by atoms with Gasteiger partial charge in [-0.25, -0.2) is 0 Å². The second-order valence-corrected chi connectivity index (χ2v) is 4.15. The first-order chi connectivity index (χ1) is 7.00. The number of carboxylic acids is 2. The van der Waals surface area contributed by atoms with Gasteiger partial charge in [0.2, 0.25) is 0 Å². The smallest absolute Gasteiger partial charge is 0.307 e. The summed E-state index contributed by atoms with van der Waals surface area (Å²) in [5, 5.41) is 17.5. The molecule has 0 saturated carbocycles. The van der Waals surface area contributed by atoms with Crippen LogP contribution < -0.4 is 0 Å². The van der Waals surface area contributed by atoms with Crippen LogP contribution in [0.5, 0.6) is 0 Å². The minimum atomic E-state index is -1.04. The molecule has 5 nitrogen and oxygen atoms in total. The average Bonchev–Trinajstić information content (AvgIpc) is 2.50. The Morgan fingerprint density at radius 3 is 2.53 bits per heavy atom. The first-order valence-electron chi connectivity index (χ1n) is 5.15. The normalized spacial score (nSPS) is 23.9. The van der Waals surface area contributed by atoms with Crippen molar-refractivity contribution >= 4 is 11.9 Å². The summed E-state index contributed by atoms with van der Waals surface area (Å²) in [6.45, 7) is 0.976. The van der Waals surface area contributed by atoms with E-state index in [1.165, 1.54) is 0 Å². The van der Waals surface area contributed by atoms with E-state index >= 15 is 0 Å². The van der Waals surface area contributed by atoms with E-state index in [4.69, 9.17) is 10.2 Å². The van der Waals surface area contributed by atoms with E-state index in [0.717, 1.165) is 19.4 Å². The highest BCUT2D eigenvalue weighted by molar-refractivity contribution is 5.77. The third-order valence-electron chi connectivity index (χ3n) is 3.00. The van der Waals surface area contributed by atoms with Gasteiger partial charge in [0.05, 0.1) is 12.3 Å². The zero-order valence-electron chi connectivity index (χ0n) is 8.85. The molecule has 0 aromatic rings. The fraction of sp³-hybridized carbons (Fsp3) is 0.800. The molecule has 1 heterocycles. The summed E-state index contributed by atoms with van der Waals surface area (Å²) in [6, 6.07) is 0.227. The fourth-order valence-corrected chi connectivity index (χ4v) is 2.09. The zero-order valence-corrected chi connectivity index (χ0v) is 8.85. The summed E-state index contributed by atoms with van der Waals surface area (Å²) in [4.78, 5) is 23.4. The van der Waals surface area contributed by atoms with Crippen molar-refractivity contribution in [3.63, 3.8) is 0 Å². The summed E-state index contributed by atoms with van der Waals surface area (Å²) in [5.74, 6) is -2.80. The number of hydrogen-bond donors (Lipinski definition) is 2. The molecule has 2 unspecified atom stereocenters. The van der Waals surface area contributed by atoms with Gasteiger partial charge in [0, 0.05) is 6.04 Å². The molecule has 0 aromatic carbocycles. The predicted octanol–water partition coefficient (Wildman–Crippen LogP) is 0.646. The number of nitrogens with zero attached hydrogens (tertiary/aromatic N) is 1. The molecule has 1 saturated heterocycles. The molecule has 86 valence electrons. The SMILES string of the molecule is CN1CCCC1CC(CC(=O)O)C(=O)O. The maximum atomic E-state index is 10.8. The van der Waals surface area contributed by atoms with E-state index in [9.17, 15) is 9.59 Å². The summed E-state index contributed by atoms with van der Waals surface area (Å²) >= 11 is 0. The molecule has 5 heteroatoms. The number of hydrogen-bond acceptors (Lipinski definition) is 3. The van der Waals surface area contributed by atoms with Crippen molar-refractivity contribution in [3.8, 4) is 0 Å². The van der Waals surface area contributed by atoms with Crippen LogP contribution in [0.1, 0.15) is 25.7 Å². The van der Waals surface area contributed by atoms with Gasteiger partial charge >= 0.3 is 11.9 Å². The van der Waals surface area contributed by atoms with Gasteiger partial charge in [-0.3, -0.25) is 9.59 Å². The van der Waals surface area contributed by atoms with Crippen LogP contribution in [0.25, 0.3) is 0 Å². The Labute approximate surface area is 88.7 Å². The van der Waals surface area contributed by atoms with Gasteiger partial charge in [0.15, 0.2) is 0 Å². The van der Waals surface area contributed by atoms with E-state index in [2.05, 4.69) is 4.90 Å². The Balaban J connectivity index is 2.50. The third-order valence-corrected chi connectivity index (χ3v) is 3.00. The van der Waals surface area contributed by atoms with Crippen molar-refractivity contribution in [3.05, 3.63) is 0 Å². The second-order valence-electron chi connectivity index (χ2n) is 4.15. The molecule has 0 bridgehead atoms. The molecule has 0 aliphatic carbocycles. The van der Waals surface area contributed by atoms with Crippen LogP contribution in [-0.2, 0) is 9.59 Å². The average molecular weight is 215 g/mol. The summed E-state index contributed by atoms with van der Waals surface area (Å²) < 4.78 is 0. The Bertz CT molecular complexity index is 254. The Morgan fingerprint density at radius 2 is 2.13 bits per heavy atom. The number of carboxylic acid groups (broad SMARTS) is 2. The van der Waals surface area contributed by atoms with Crippen LogP contribution in [0.15, 0.2) is 0 Å². The molecule has 1 fully saturated rings. The molecule has 0 aromatic heterocycles. The van der Waals surface area contributed by atoms with Gasteiger partial charge in [-0.1, -0.05) is 0 Å². The van der Waals surface area contributed by atoms with Gasteiger partial charge < -0.3 is 15.1 Å². The molecular formula is C10H17NO4. The highest BCUT2D eigenvalue weighted by atomic mass is 16.4. The van der Waals surface area contributed by atoms with Gasteiger partial charge in [-0.15, -0.1) is 0 Å². The van der Waals surface area contributed by atoms with E-state index in [1.54, 1.807) is 0 Å². The van der Waals surface area contributed by atoms with Crippen LogP contribution in [0.2, 0.25) is 0 Å². The number of carbonyl (C=O) groups is 2. The fourth-order valence-electron chi connectivity index (χ4n) is 2.09. The van der Waals surface area contributed by atoms with Crippen LogP contribution in [-0.4, -0.2) is 46.7 Å². The lowest BCUT2D eigenvalue weighted by Gasteiger charge is -2.22. The molecule has 15 heavy (non-hydrogen) atoms. The van der Waals surface area contributed by atoms with Crippen molar-refractivity contribution < 1.29 is 19.8 Å². The first-order valence-corrected chi connectivity index (χ1v) is 5.15. The van der Waals surface area contributed by atoms with Gasteiger partial charge in [0.1, 0.15) is 0 Å². The quantitative estimate of drug-likeness (QED) is 0.704.